The van der Waals surface area contributed by atoms with Crippen LogP contribution in [0.15, 0.2) is 52.3 Å². The summed E-state index contributed by atoms with van der Waals surface area (Å²) in [5.74, 6) is -0.311. The van der Waals surface area contributed by atoms with Gasteiger partial charge in [0.25, 0.3) is 5.91 Å². The number of carbonyl (C=O) groups is 1. The highest BCUT2D eigenvalue weighted by Crippen LogP contribution is 2.13. The topological polar surface area (TPSA) is 68.0 Å². The van der Waals surface area contributed by atoms with Crippen molar-refractivity contribution in [3.63, 3.8) is 0 Å². The zero-order chi connectivity index (χ0) is 16.1. The molecule has 3 aromatic rings. The molecule has 2 heterocycles. The summed E-state index contributed by atoms with van der Waals surface area (Å²) in [7, 11) is 0. The Bertz CT molecular complexity index is 810. The van der Waals surface area contributed by atoms with Gasteiger partial charge in [0.15, 0.2) is 0 Å². The molecule has 0 radical (unpaired) electrons. The first-order chi connectivity index (χ1) is 11.2. The third kappa shape index (κ3) is 4.33. The van der Waals surface area contributed by atoms with Crippen LogP contribution in [0.2, 0.25) is 0 Å². The van der Waals surface area contributed by atoms with Crippen LogP contribution < -0.4 is 5.32 Å². The first-order valence-corrected chi connectivity index (χ1v) is 7.66. The molecule has 0 atom stereocenters. The number of nitrogens with one attached hydrogen (secondary N) is 1. The van der Waals surface area contributed by atoms with Crippen LogP contribution in [-0.2, 0) is 11.2 Å². The fourth-order valence-electron chi connectivity index (χ4n) is 1.84. The number of thiophene rings is 1. The Balaban J connectivity index is 1.58. The highest BCUT2D eigenvalue weighted by Gasteiger charge is 2.09. The van der Waals surface area contributed by atoms with Gasteiger partial charge in [-0.05, 0) is 35.2 Å². The Labute approximate surface area is 135 Å². The van der Waals surface area contributed by atoms with Crippen molar-refractivity contribution < 1.29 is 13.6 Å². The smallest absolute Gasteiger partial charge is 0.322 e. The normalized spacial score (nSPS) is 11.0. The third-order valence-corrected chi connectivity index (χ3v) is 3.75. The molecule has 3 rings (SSSR count). The van der Waals surface area contributed by atoms with Crippen molar-refractivity contribution in [3.05, 3.63) is 70.0 Å². The monoisotopic (exact) mass is 329 g/mol. The number of halogens is 1. The van der Waals surface area contributed by atoms with Crippen LogP contribution in [0.5, 0.6) is 0 Å². The molecule has 116 valence electrons. The van der Waals surface area contributed by atoms with Crippen LogP contribution in [0, 0.1) is 5.82 Å². The summed E-state index contributed by atoms with van der Waals surface area (Å²) in [6.07, 6.45) is 3.47. The largest absolute Gasteiger partial charge is 0.407 e. The van der Waals surface area contributed by atoms with E-state index >= 15 is 0 Å². The van der Waals surface area contributed by atoms with Crippen LogP contribution in [-0.4, -0.2) is 16.1 Å². The van der Waals surface area contributed by atoms with Crippen LogP contribution in [0.25, 0.3) is 6.08 Å². The third-order valence-electron chi connectivity index (χ3n) is 2.91. The van der Waals surface area contributed by atoms with Crippen LogP contribution in [0.1, 0.15) is 16.3 Å². The predicted molar refractivity (Wildman–Crippen MR) is 85.5 cm³/mol. The lowest BCUT2D eigenvalue weighted by Gasteiger charge is -1.96. The average molecular weight is 329 g/mol. The van der Waals surface area contributed by atoms with Crippen molar-refractivity contribution in [2.75, 3.05) is 5.32 Å². The maximum atomic E-state index is 12.8. The molecule has 0 fully saturated rings. The maximum Gasteiger partial charge on any atom is 0.322 e. The number of hydrogen-bond donors (Lipinski definition) is 1. The molecule has 1 aromatic carbocycles. The molecule has 7 heteroatoms. The molecule has 0 spiro atoms. The molecule has 0 saturated carbocycles. The van der Waals surface area contributed by atoms with E-state index in [1.54, 1.807) is 18.2 Å². The standard InChI is InChI=1S/C16H12FN3O2S/c17-12-5-3-11(4-6-12)10-15-19-20-16(22-15)18-14(21)8-7-13-2-1-9-23-13/h1-9H,10H2,(H,18,20,21)/b8-7+. The first-order valence-electron chi connectivity index (χ1n) is 6.78. The molecule has 5 nitrogen and oxygen atoms in total. The van der Waals surface area contributed by atoms with Crippen molar-refractivity contribution >= 4 is 29.3 Å². The van der Waals surface area contributed by atoms with E-state index in [0.717, 1.165) is 10.4 Å². The molecule has 1 N–H and O–H groups in total. The Morgan fingerprint density at radius 2 is 2.09 bits per heavy atom. The molecule has 0 saturated heterocycles. The van der Waals surface area contributed by atoms with Gasteiger partial charge in [-0.15, -0.1) is 16.4 Å². The van der Waals surface area contributed by atoms with Gasteiger partial charge in [-0.3, -0.25) is 10.1 Å². The molecule has 2 aromatic heterocycles. The maximum absolute atomic E-state index is 12.8. The number of benzene rings is 1. The minimum absolute atomic E-state index is 0.0305. The fraction of sp³-hybridized carbons (Fsp3) is 0.0625. The lowest BCUT2D eigenvalue weighted by Crippen LogP contribution is -2.07. The number of aromatic nitrogens is 2. The quantitative estimate of drug-likeness (QED) is 0.727. The van der Waals surface area contributed by atoms with Gasteiger partial charge in [0.1, 0.15) is 5.82 Å². The Morgan fingerprint density at radius 3 is 2.83 bits per heavy atom. The van der Waals surface area contributed by atoms with E-state index in [9.17, 15) is 9.18 Å². The van der Waals surface area contributed by atoms with Gasteiger partial charge < -0.3 is 4.42 Å². The molecule has 0 bridgehead atoms. The number of amides is 1. The van der Waals surface area contributed by atoms with E-state index in [0.29, 0.717) is 12.3 Å². The van der Waals surface area contributed by atoms with Crippen molar-refractivity contribution in [2.24, 2.45) is 0 Å². The van der Waals surface area contributed by atoms with E-state index < -0.39 is 0 Å². The lowest BCUT2D eigenvalue weighted by molar-refractivity contribution is -0.112. The summed E-state index contributed by atoms with van der Waals surface area (Å²) in [4.78, 5) is 12.7. The number of nitrogens with zero attached hydrogens (tertiary/aromatic N) is 2. The van der Waals surface area contributed by atoms with Gasteiger partial charge in [-0.1, -0.05) is 23.3 Å². The molecule has 0 aliphatic rings. The summed E-state index contributed by atoms with van der Waals surface area (Å²) >= 11 is 1.53. The second kappa shape index (κ2) is 6.97. The first kappa shape index (κ1) is 15.1. The highest BCUT2D eigenvalue weighted by atomic mass is 32.1. The van der Waals surface area contributed by atoms with Crippen molar-refractivity contribution in [1.82, 2.24) is 10.2 Å². The summed E-state index contributed by atoms with van der Waals surface area (Å²) in [5, 5.41) is 12.0. The molecular formula is C16H12FN3O2S. The second-order valence-corrected chi connectivity index (χ2v) is 5.62. The molecular weight excluding hydrogens is 317 g/mol. The Morgan fingerprint density at radius 1 is 1.26 bits per heavy atom. The van der Waals surface area contributed by atoms with Gasteiger partial charge >= 0.3 is 6.01 Å². The van der Waals surface area contributed by atoms with E-state index in [2.05, 4.69) is 15.5 Å². The molecule has 1 amide bonds. The molecule has 0 aliphatic carbocycles. The van der Waals surface area contributed by atoms with Crippen molar-refractivity contribution in [2.45, 2.75) is 6.42 Å². The highest BCUT2D eigenvalue weighted by molar-refractivity contribution is 7.10. The summed E-state index contributed by atoms with van der Waals surface area (Å²) in [6.45, 7) is 0. The summed E-state index contributed by atoms with van der Waals surface area (Å²) in [6, 6.07) is 9.85. The minimum Gasteiger partial charge on any atom is -0.407 e. The Kier molecular flexibility index (Phi) is 4.58. The van der Waals surface area contributed by atoms with Gasteiger partial charge in [0.2, 0.25) is 5.89 Å². The van der Waals surface area contributed by atoms with Gasteiger partial charge in [-0.2, -0.15) is 0 Å². The zero-order valence-electron chi connectivity index (χ0n) is 11.9. The number of rotatable bonds is 5. The van der Waals surface area contributed by atoms with Gasteiger partial charge in [-0.25, -0.2) is 4.39 Å². The van der Waals surface area contributed by atoms with E-state index in [1.807, 2.05) is 17.5 Å². The molecule has 0 aliphatic heterocycles. The predicted octanol–water partition coefficient (Wildman–Crippen LogP) is 3.51. The van der Waals surface area contributed by atoms with Crippen LogP contribution in [0.3, 0.4) is 0 Å². The summed E-state index contributed by atoms with van der Waals surface area (Å²) < 4.78 is 18.2. The van der Waals surface area contributed by atoms with Crippen LogP contribution in [0.4, 0.5) is 10.4 Å². The van der Waals surface area contributed by atoms with Crippen molar-refractivity contribution in [3.8, 4) is 0 Å². The second-order valence-electron chi connectivity index (χ2n) is 4.64. The van der Waals surface area contributed by atoms with Crippen molar-refractivity contribution in [1.29, 1.82) is 0 Å². The molecule has 23 heavy (non-hydrogen) atoms. The number of hydrogen-bond acceptors (Lipinski definition) is 5. The minimum atomic E-state index is -0.351. The SMILES string of the molecule is O=C(/C=C/c1cccs1)Nc1nnc(Cc2ccc(F)cc2)o1. The summed E-state index contributed by atoms with van der Waals surface area (Å²) in [5.41, 5.74) is 0.838. The number of anilines is 1. The van der Waals surface area contributed by atoms with E-state index in [-0.39, 0.29) is 17.7 Å². The average Bonchev–Trinajstić information content (AvgIpc) is 3.20. The van der Waals surface area contributed by atoms with E-state index in [1.165, 1.54) is 29.5 Å². The van der Waals surface area contributed by atoms with Gasteiger partial charge in [0, 0.05) is 11.0 Å². The lowest BCUT2D eigenvalue weighted by atomic mass is 10.1. The fourth-order valence-corrected chi connectivity index (χ4v) is 2.46. The Hall–Kier alpha value is -2.80. The molecule has 0 unspecified atom stereocenters. The van der Waals surface area contributed by atoms with Gasteiger partial charge in [0.05, 0.1) is 6.42 Å². The van der Waals surface area contributed by atoms with E-state index in [4.69, 9.17) is 4.42 Å². The zero-order valence-corrected chi connectivity index (χ0v) is 12.7. The number of carbonyl (C=O) groups excluding carboxylic acids is 1. The van der Waals surface area contributed by atoms with Crippen LogP contribution >= 0.6 is 11.3 Å².